The summed E-state index contributed by atoms with van der Waals surface area (Å²) in [4.78, 5) is 4.00. The van der Waals surface area contributed by atoms with Crippen molar-refractivity contribution in [3.63, 3.8) is 0 Å². The van der Waals surface area contributed by atoms with Crippen LogP contribution in [0.3, 0.4) is 0 Å². The molecule has 1 aromatic carbocycles. The molecule has 0 bridgehead atoms. The van der Waals surface area contributed by atoms with Gasteiger partial charge in [-0.15, -0.1) is 0 Å². The summed E-state index contributed by atoms with van der Waals surface area (Å²) in [5.41, 5.74) is 1.51. The highest BCUT2D eigenvalue weighted by atomic mass is 79.9. The third-order valence-corrected chi connectivity index (χ3v) is 3.69. The molecule has 0 amide bonds. The van der Waals surface area contributed by atoms with Gasteiger partial charge in [0, 0.05) is 17.1 Å². The second kappa shape index (κ2) is 5.78. The van der Waals surface area contributed by atoms with Gasteiger partial charge in [-0.05, 0) is 40.2 Å². The molecule has 0 aliphatic heterocycles. The minimum atomic E-state index is 0.202. The summed E-state index contributed by atoms with van der Waals surface area (Å²) < 4.78 is 0.712. The Hall–Kier alpha value is -0.970. The normalized spacial score (nSPS) is 10.4. The molecule has 2 aromatic rings. The first-order valence-electron chi connectivity index (χ1n) is 5.08. The van der Waals surface area contributed by atoms with Gasteiger partial charge in [0.05, 0.1) is 16.4 Å². The molecule has 94 valence electrons. The molecular weight excluding hydrogens is 339 g/mol. The van der Waals surface area contributed by atoms with Crippen molar-refractivity contribution < 1.29 is 5.11 Å². The number of hydrogen-bond acceptors (Lipinski definition) is 3. The van der Waals surface area contributed by atoms with Crippen molar-refractivity contribution in [2.45, 2.75) is 6.54 Å². The van der Waals surface area contributed by atoms with Gasteiger partial charge in [-0.3, -0.25) is 0 Å². The maximum atomic E-state index is 9.67. The van der Waals surface area contributed by atoms with Crippen LogP contribution in [0.15, 0.2) is 34.9 Å². The van der Waals surface area contributed by atoms with Gasteiger partial charge in [0.15, 0.2) is 0 Å². The maximum Gasteiger partial charge on any atom is 0.143 e. The van der Waals surface area contributed by atoms with E-state index in [2.05, 4.69) is 26.2 Å². The molecule has 1 aromatic heterocycles. The predicted octanol–water partition coefficient (Wildman–Crippen LogP) is 4.47. The van der Waals surface area contributed by atoms with E-state index < -0.39 is 0 Å². The number of benzene rings is 1. The Kier molecular flexibility index (Phi) is 4.32. The number of nitrogens with zero attached hydrogens (tertiary/aromatic N) is 1. The van der Waals surface area contributed by atoms with Crippen molar-refractivity contribution in [2.75, 3.05) is 5.32 Å². The molecule has 0 fully saturated rings. The molecular formula is C12H9BrCl2N2O. The average Bonchev–Trinajstić information content (AvgIpc) is 2.34. The summed E-state index contributed by atoms with van der Waals surface area (Å²) in [7, 11) is 0. The van der Waals surface area contributed by atoms with E-state index in [1.54, 1.807) is 24.4 Å². The number of rotatable bonds is 3. The van der Waals surface area contributed by atoms with Gasteiger partial charge in [-0.2, -0.15) is 0 Å². The monoisotopic (exact) mass is 346 g/mol. The zero-order valence-electron chi connectivity index (χ0n) is 9.12. The van der Waals surface area contributed by atoms with Crippen LogP contribution in [0.1, 0.15) is 5.56 Å². The molecule has 18 heavy (non-hydrogen) atoms. The van der Waals surface area contributed by atoms with Crippen LogP contribution in [0.25, 0.3) is 0 Å². The SMILES string of the molecule is Oc1ccc(Cl)cc1CNc1cnc(Cl)c(Br)c1. The highest BCUT2D eigenvalue weighted by Crippen LogP contribution is 2.25. The number of nitrogens with one attached hydrogen (secondary N) is 1. The first-order chi connectivity index (χ1) is 8.56. The van der Waals surface area contributed by atoms with Crippen LogP contribution in [0, 0.1) is 0 Å². The molecule has 2 N–H and O–H groups in total. The minimum absolute atomic E-state index is 0.202. The highest BCUT2D eigenvalue weighted by Gasteiger charge is 2.04. The van der Waals surface area contributed by atoms with E-state index >= 15 is 0 Å². The Morgan fingerprint density at radius 2 is 2.06 bits per heavy atom. The zero-order valence-corrected chi connectivity index (χ0v) is 12.2. The molecule has 1 heterocycles. The Labute approximate surface area is 123 Å². The van der Waals surface area contributed by atoms with E-state index in [9.17, 15) is 5.11 Å². The van der Waals surface area contributed by atoms with Gasteiger partial charge in [-0.25, -0.2) is 4.98 Å². The second-order valence-electron chi connectivity index (χ2n) is 3.62. The number of aromatic hydroxyl groups is 1. The minimum Gasteiger partial charge on any atom is -0.508 e. The predicted molar refractivity (Wildman–Crippen MR) is 77.4 cm³/mol. The lowest BCUT2D eigenvalue weighted by atomic mass is 10.2. The van der Waals surface area contributed by atoms with Crippen LogP contribution in [0.4, 0.5) is 5.69 Å². The summed E-state index contributed by atoms with van der Waals surface area (Å²) in [6.45, 7) is 0.447. The van der Waals surface area contributed by atoms with Gasteiger partial charge in [0.2, 0.25) is 0 Å². The van der Waals surface area contributed by atoms with Crippen molar-refractivity contribution in [1.82, 2.24) is 4.98 Å². The van der Waals surface area contributed by atoms with Crippen LogP contribution in [-0.2, 0) is 6.54 Å². The summed E-state index contributed by atoms with van der Waals surface area (Å²) in [5.74, 6) is 0.202. The Morgan fingerprint density at radius 1 is 1.28 bits per heavy atom. The van der Waals surface area contributed by atoms with Gasteiger partial charge in [0.1, 0.15) is 10.9 Å². The largest absolute Gasteiger partial charge is 0.508 e. The lowest BCUT2D eigenvalue weighted by Gasteiger charge is -2.09. The van der Waals surface area contributed by atoms with Crippen LogP contribution in [0.2, 0.25) is 10.2 Å². The summed E-state index contributed by atoms with van der Waals surface area (Å²) >= 11 is 15.0. The molecule has 6 heteroatoms. The summed E-state index contributed by atoms with van der Waals surface area (Å²) in [6, 6.07) is 6.73. The van der Waals surface area contributed by atoms with Gasteiger partial charge in [-0.1, -0.05) is 23.2 Å². The number of phenolic OH excluding ortho intramolecular Hbond substituents is 1. The van der Waals surface area contributed by atoms with E-state index in [4.69, 9.17) is 23.2 Å². The van der Waals surface area contributed by atoms with Crippen molar-refractivity contribution in [3.05, 3.63) is 50.7 Å². The molecule has 0 aliphatic carbocycles. The summed E-state index contributed by atoms with van der Waals surface area (Å²) in [6.07, 6.45) is 1.62. The lowest BCUT2D eigenvalue weighted by Crippen LogP contribution is -2.00. The van der Waals surface area contributed by atoms with Gasteiger partial charge >= 0.3 is 0 Å². The van der Waals surface area contributed by atoms with E-state index in [1.165, 1.54) is 0 Å². The fourth-order valence-corrected chi connectivity index (χ4v) is 2.06. The van der Waals surface area contributed by atoms with Gasteiger partial charge < -0.3 is 10.4 Å². The fraction of sp³-hybridized carbons (Fsp3) is 0.0833. The first-order valence-corrected chi connectivity index (χ1v) is 6.63. The van der Waals surface area contributed by atoms with Gasteiger partial charge in [0.25, 0.3) is 0 Å². The number of hydrogen-bond donors (Lipinski definition) is 2. The topological polar surface area (TPSA) is 45.1 Å². The number of aromatic nitrogens is 1. The number of anilines is 1. The van der Waals surface area contributed by atoms with E-state index in [1.807, 2.05) is 6.07 Å². The van der Waals surface area contributed by atoms with Crippen molar-refractivity contribution in [2.24, 2.45) is 0 Å². The Balaban J connectivity index is 2.11. The smallest absolute Gasteiger partial charge is 0.143 e. The van der Waals surface area contributed by atoms with Crippen LogP contribution >= 0.6 is 39.1 Å². The van der Waals surface area contributed by atoms with E-state index in [0.717, 1.165) is 5.69 Å². The fourth-order valence-electron chi connectivity index (χ4n) is 1.41. The van der Waals surface area contributed by atoms with Crippen molar-refractivity contribution in [3.8, 4) is 5.75 Å². The molecule has 0 saturated heterocycles. The quantitative estimate of drug-likeness (QED) is 0.805. The van der Waals surface area contributed by atoms with Crippen molar-refractivity contribution >= 4 is 44.8 Å². The molecule has 0 spiro atoms. The van der Waals surface area contributed by atoms with E-state index in [-0.39, 0.29) is 5.75 Å². The van der Waals surface area contributed by atoms with E-state index in [0.29, 0.717) is 26.8 Å². The molecule has 0 aliphatic rings. The molecule has 0 unspecified atom stereocenters. The molecule has 2 rings (SSSR count). The highest BCUT2D eigenvalue weighted by molar-refractivity contribution is 9.10. The van der Waals surface area contributed by atoms with Crippen LogP contribution in [-0.4, -0.2) is 10.1 Å². The molecule has 0 saturated carbocycles. The Bertz CT molecular complexity index is 578. The number of halogens is 3. The number of phenols is 1. The third-order valence-electron chi connectivity index (χ3n) is 2.32. The van der Waals surface area contributed by atoms with Crippen molar-refractivity contribution in [1.29, 1.82) is 0 Å². The standard InChI is InChI=1S/C12H9BrCl2N2O/c13-10-4-9(6-17-12(10)15)16-5-7-3-8(14)1-2-11(7)18/h1-4,6,16,18H,5H2. The van der Waals surface area contributed by atoms with Crippen LogP contribution < -0.4 is 5.32 Å². The number of pyridine rings is 1. The maximum absolute atomic E-state index is 9.67. The molecule has 0 atom stereocenters. The average molecular weight is 348 g/mol. The van der Waals surface area contributed by atoms with Crippen LogP contribution in [0.5, 0.6) is 5.75 Å². The molecule has 3 nitrogen and oxygen atoms in total. The zero-order chi connectivity index (χ0) is 13.1. The lowest BCUT2D eigenvalue weighted by molar-refractivity contribution is 0.469. The second-order valence-corrected chi connectivity index (χ2v) is 5.27. The third kappa shape index (κ3) is 3.28. The Morgan fingerprint density at radius 3 is 2.78 bits per heavy atom. The summed E-state index contributed by atoms with van der Waals surface area (Å²) in [5, 5.41) is 13.8. The first kappa shape index (κ1) is 13.5. The molecule has 0 radical (unpaired) electrons.